The van der Waals surface area contributed by atoms with Crippen LogP contribution in [0.15, 0.2) is 46.9 Å². The summed E-state index contributed by atoms with van der Waals surface area (Å²) in [5.74, 6) is -0.148. The van der Waals surface area contributed by atoms with Crippen molar-refractivity contribution in [2.75, 3.05) is 13.7 Å². The Bertz CT molecular complexity index is 985. The fourth-order valence-corrected chi connectivity index (χ4v) is 3.15. The van der Waals surface area contributed by atoms with E-state index in [0.717, 1.165) is 5.56 Å². The van der Waals surface area contributed by atoms with Crippen molar-refractivity contribution < 1.29 is 18.7 Å². The minimum atomic E-state index is -1.05. The van der Waals surface area contributed by atoms with Crippen LogP contribution in [0.5, 0.6) is 11.5 Å². The zero-order valence-corrected chi connectivity index (χ0v) is 14.1. The molecule has 0 N–H and O–H groups in total. The third-order valence-electron chi connectivity index (χ3n) is 4.55. The molecule has 2 heterocycles. The zero-order valence-electron chi connectivity index (χ0n) is 14.1. The van der Waals surface area contributed by atoms with Crippen LogP contribution in [0.25, 0.3) is 11.1 Å². The summed E-state index contributed by atoms with van der Waals surface area (Å²) in [6, 6.07) is 14.8. The predicted molar refractivity (Wildman–Crippen MR) is 93.1 cm³/mol. The summed E-state index contributed by atoms with van der Waals surface area (Å²) < 4.78 is 16.5. The van der Waals surface area contributed by atoms with Gasteiger partial charge in [0.15, 0.2) is 17.3 Å². The number of hydrogen-bond donors (Lipinski definition) is 0. The number of oxazole rings is 1. The van der Waals surface area contributed by atoms with E-state index in [9.17, 15) is 10.1 Å². The van der Waals surface area contributed by atoms with Gasteiger partial charge < -0.3 is 13.9 Å². The van der Waals surface area contributed by atoms with Crippen molar-refractivity contribution in [1.82, 2.24) is 4.98 Å². The Labute approximate surface area is 150 Å². The number of ether oxygens (including phenoxy) is 2. The Kier molecular flexibility index (Phi) is 4.05. The fourth-order valence-electron chi connectivity index (χ4n) is 3.15. The van der Waals surface area contributed by atoms with E-state index in [1.165, 1.54) is 0 Å². The number of ketones is 1. The molecule has 0 unspecified atom stereocenters. The molecule has 0 saturated carbocycles. The van der Waals surface area contributed by atoms with Crippen molar-refractivity contribution in [1.29, 1.82) is 5.26 Å². The number of fused-ring (bicyclic) bond motifs is 2. The number of rotatable bonds is 4. The van der Waals surface area contributed by atoms with Gasteiger partial charge in [-0.2, -0.15) is 5.26 Å². The summed E-state index contributed by atoms with van der Waals surface area (Å²) in [6.45, 7) is 0.220. The molecule has 4 rings (SSSR count). The maximum atomic E-state index is 12.9. The molecule has 0 bridgehead atoms. The van der Waals surface area contributed by atoms with Gasteiger partial charge in [0.25, 0.3) is 0 Å². The largest absolute Gasteiger partial charge is 0.497 e. The van der Waals surface area contributed by atoms with Crippen LogP contribution in [-0.2, 0) is 11.2 Å². The molecule has 2 atom stereocenters. The number of hydrogen-bond acceptors (Lipinski definition) is 6. The molecule has 0 aliphatic carbocycles. The van der Waals surface area contributed by atoms with Crippen LogP contribution < -0.4 is 9.47 Å². The highest BCUT2D eigenvalue weighted by Gasteiger charge is 2.35. The number of para-hydroxylation sites is 2. The van der Waals surface area contributed by atoms with Crippen molar-refractivity contribution in [3.05, 3.63) is 53.9 Å². The van der Waals surface area contributed by atoms with Crippen molar-refractivity contribution in [3.8, 4) is 17.6 Å². The number of aromatic nitrogens is 1. The molecule has 0 saturated heterocycles. The summed E-state index contributed by atoms with van der Waals surface area (Å²) in [4.78, 5) is 17.2. The molecule has 1 aromatic heterocycles. The first-order chi connectivity index (χ1) is 12.7. The standard InChI is InChI=1S/C20H16N2O4/c1-24-14-7-6-12-8-13(11-25-18(12)9-14)19(23)15(10-21)20-22-16-4-2-3-5-17(16)26-20/h2-7,9,13,15H,8,11H2,1H3/t13-,15-/m0/s1. The Morgan fingerprint density at radius 3 is 2.96 bits per heavy atom. The number of nitrogens with zero attached hydrogens (tertiary/aromatic N) is 2. The Morgan fingerprint density at radius 1 is 1.35 bits per heavy atom. The van der Waals surface area contributed by atoms with Gasteiger partial charge in [-0.05, 0) is 30.2 Å². The highest BCUT2D eigenvalue weighted by atomic mass is 16.5. The number of Topliss-reactive ketones (excluding diaryl/α,β-unsaturated/α-hetero) is 1. The SMILES string of the molecule is COc1ccc2c(c1)OC[C@@H](C(=O)[C@H](C#N)c1nc3ccccc3o1)C2. The molecule has 0 fully saturated rings. The lowest BCUT2D eigenvalue weighted by molar-refractivity contribution is -0.124. The Balaban J connectivity index is 1.58. The highest BCUT2D eigenvalue weighted by Crippen LogP contribution is 2.33. The van der Waals surface area contributed by atoms with Crippen LogP contribution in [0.3, 0.4) is 0 Å². The van der Waals surface area contributed by atoms with Crippen LogP contribution in [0.1, 0.15) is 17.4 Å². The minimum Gasteiger partial charge on any atom is -0.497 e. The summed E-state index contributed by atoms with van der Waals surface area (Å²) in [5, 5.41) is 9.54. The van der Waals surface area contributed by atoms with Crippen LogP contribution in [-0.4, -0.2) is 24.5 Å². The second-order valence-electron chi connectivity index (χ2n) is 6.17. The first-order valence-corrected chi connectivity index (χ1v) is 8.28. The van der Waals surface area contributed by atoms with Crippen LogP contribution >= 0.6 is 0 Å². The maximum absolute atomic E-state index is 12.9. The average Bonchev–Trinajstić information content (AvgIpc) is 3.11. The smallest absolute Gasteiger partial charge is 0.220 e. The van der Waals surface area contributed by atoms with E-state index in [1.54, 1.807) is 25.3 Å². The maximum Gasteiger partial charge on any atom is 0.220 e. The Hall–Kier alpha value is -3.33. The van der Waals surface area contributed by atoms with Crippen molar-refractivity contribution >= 4 is 16.9 Å². The molecule has 0 spiro atoms. The summed E-state index contributed by atoms with van der Waals surface area (Å²) >= 11 is 0. The molecule has 6 heteroatoms. The number of nitriles is 1. The van der Waals surface area contributed by atoms with E-state index in [1.807, 2.05) is 30.3 Å². The summed E-state index contributed by atoms with van der Waals surface area (Å²) in [6.07, 6.45) is 0.510. The molecule has 0 amide bonds. The molecule has 130 valence electrons. The highest BCUT2D eigenvalue weighted by molar-refractivity contribution is 5.90. The lowest BCUT2D eigenvalue weighted by Crippen LogP contribution is -2.31. The van der Waals surface area contributed by atoms with E-state index in [-0.39, 0.29) is 18.3 Å². The molecular weight excluding hydrogens is 332 g/mol. The second-order valence-corrected chi connectivity index (χ2v) is 6.17. The second kappa shape index (κ2) is 6.52. The monoisotopic (exact) mass is 348 g/mol. The zero-order chi connectivity index (χ0) is 18.1. The summed E-state index contributed by atoms with van der Waals surface area (Å²) in [5.41, 5.74) is 2.12. The van der Waals surface area contributed by atoms with Gasteiger partial charge in [-0.3, -0.25) is 4.79 Å². The molecule has 1 aliphatic rings. The van der Waals surface area contributed by atoms with Gasteiger partial charge >= 0.3 is 0 Å². The molecule has 1 aliphatic heterocycles. The van der Waals surface area contributed by atoms with E-state index in [4.69, 9.17) is 13.9 Å². The van der Waals surface area contributed by atoms with Gasteiger partial charge in [0.05, 0.1) is 25.7 Å². The number of benzene rings is 2. The van der Waals surface area contributed by atoms with Gasteiger partial charge in [-0.25, -0.2) is 4.98 Å². The topological polar surface area (TPSA) is 85.4 Å². The molecular formula is C20H16N2O4. The van der Waals surface area contributed by atoms with Gasteiger partial charge in [-0.15, -0.1) is 0 Å². The predicted octanol–water partition coefficient (Wildman–Crippen LogP) is 3.26. The average molecular weight is 348 g/mol. The molecule has 2 aromatic carbocycles. The van der Waals surface area contributed by atoms with Gasteiger partial charge in [0.1, 0.15) is 17.0 Å². The molecule has 26 heavy (non-hydrogen) atoms. The van der Waals surface area contributed by atoms with E-state index in [0.29, 0.717) is 29.0 Å². The number of carbonyl (C=O) groups is 1. The van der Waals surface area contributed by atoms with Gasteiger partial charge in [-0.1, -0.05) is 18.2 Å². The van der Waals surface area contributed by atoms with E-state index < -0.39 is 11.8 Å². The van der Waals surface area contributed by atoms with Crippen LogP contribution in [0, 0.1) is 17.2 Å². The number of methoxy groups -OCH3 is 1. The number of carbonyl (C=O) groups excluding carboxylic acids is 1. The lowest BCUT2D eigenvalue weighted by atomic mass is 9.87. The molecule has 6 nitrogen and oxygen atoms in total. The third-order valence-corrected chi connectivity index (χ3v) is 4.55. The first-order valence-electron chi connectivity index (χ1n) is 8.28. The Morgan fingerprint density at radius 2 is 2.19 bits per heavy atom. The quantitative estimate of drug-likeness (QED) is 0.719. The van der Waals surface area contributed by atoms with Crippen molar-refractivity contribution in [2.45, 2.75) is 12.3 Å². The normalized spacial score (nSPS) is 17.0. The van der Waals surface area contributed by atoms with Gasteiger partial charge in [0, 0.05) is 6.07 Å². The van der Waals surface area contributed by atoms with E-state index in [2.05, 4.69) is 4.98 Å². The van der Waals surface area contributed by atoms with Gasteiger partial charge in [0.2, 0.25) is 5.89 Å². The van der Waals surface area contributed by atoms with Crippen molar-refractivity contribution in [3.63, 3.8) is 0 Å². The van der Waals surface area contributed by atoms with Crippen LogP contribution in [0.2, 0.25) is 0 Å². The van der Waals surface area contributed by atoms with E-state index >= 15 is 0 Å². The van der Waals surface area contributed by atoms with Crippen molar-refractivity contribution in [2.24, 2.45) is 5.92 Å². The molecule has 0 radical (unpaired) electrons. The lowest BCUT2D eigenvalue weighted by Gasteiger charge is -2.25. The first kappa shape index (κ1) is 16.2. The minimum absolute atomic E-state index is 0.138. The molecule has 3 aromatic rings. The third kappa shape index (κ3) is 2.78. The van der Waals surface area contributed by atoms with Crippen LogP contribution in [0.4, 0.5) is 0 Å². The fraction of sp³-hybridized carbons (Fsp3) is 0.250. The summed E-state index contributed by atoms with van der Waals surface area (Å²) in [7, 11) is 1.59.